The number of allylic oxidation sites excluding steroid dienone is 4. The van der Waals surface area contributed by atoms with Gasteiger partial charge in [0.2, 0.25) is 0 Å². The average molecular weight is 868 g/mol. The minimum Gasteiger partial charge on any atom is -0.0849 e. The van der Waals surface area contributed by atoms with Crippen LogP contribution in [-0.4, -0.2) is 0 Å². The SMILES string of the molecule is CCCCCCCCCCC1=C(C)S/C(=C2\SC(CCCCCCCCCC)=C(C3=C(c4ccccc4)S/C(=C4\SC(C)=C(c5ccccc5)S4)S3)S2)S1. The Balaban J connectivity index is 1.19. The molecule has 0 saturated heterocycles. The number of benzene rings is 2. The minimum atomic E-state index is 1.19. The van der Waals surface area contributed by atoms with E-state index in [0.29, 0.717) is 0 Å². The van der Waals surface area contributed by atoms with Crippen molar-refractivity contribution < 1.29 is 0 Å². The zero-order chi connectivity index (χ0) is 37.5. The first-order valence-corrected chi connectivity index (χ1v) is 27.0. The fourth-order valence-corrected chi connectivity index (χ4v) is 18.7. The van der Waals surface area contributed by atoms with Gasteiger partial charge in [0.25, 0.3) is 0 Å². The zero-order valence-electron chi connectivity index (χ0n) is 32.8. The molecule has 0 bridgehead atoms. The van der Waals surface area contributed by atoms with Crippen molar-refractivity contribution in [2.45, 2.75) is 143 Å². The molecule has 0 atom stereocenters. The molecule has 0 aliphatic carbocycles. The van der Waals surface area contributed by atoms with E-state index in [1.165, 1.54) is 168 Å². The van der Waals surface area contributed by atoms with E-state index < -0.39 is 0 Å². The molecule has 0 saturated carbocycles. The topological polar surface area (TPSA) is 0 Å². The molecule has 0 N–H and O–H groups in total. The van der Waals surface area contributed by atoms with Gasteiger partial charge in [0.05, 0.1) is 16.9 Å². The second-order valence-corrected chi connectivity index (χ2v) is 24.2. The molecule has 8 heteroatoms. The predicted molar refractivity (Wildman–Crippen MR) is 261 cm³/mol. The summed E-state index contributed by atoms with van der Waals surface area (Å²) in [7, 11) is 0. The summed E-state index contributed by atoms with van der Waals surface area (Å²) in [6, 6.07) is 22.2. The largest absolute Gasteiger partial charge is 0.0849 e. The highest BCUT2D eigenvalue weighted by atomic mass is 32.2. The van der Waals surface area contributed by atoms with Crippen LogP contribution in [-0.2, 0) is 0 Å². The molecule has 0 unspecified atom stereocenters. The number of rotatable bonds is 21. The summed E-state index contributed by atoms with van der Waals surface area (Å²) in [4.78, 5) is 12.1. The molecule has 4 heterocycles. The molecule has 0 aromatic heterocycles. The molecule has 54 heavy (non-hydrogen) atoms. The first kappa shape index (κ1) is 43.3. The lowest BCUT2D eigenvalue weighted by Gasteiger charge is -2.09. The third kappa shape index (κ3) is 12.3. The standard InChI is InChI=1S/C46H58S8/c1-5-7-9-11-13-15-17-25-31-37-33(3)47-43(49-37)45-50-38(32-26-18-16-14-12-10-8-6-2)41(53-45)42-40(36-29-23-20-24-30-36)52-46(54-42)44-48-34(4)39(51-44)35-27-21-19-22-28-35/h19-24,27-30H,5-18,25-26,31-32H2,1-4H3/b45-43-,46-44-. The molecule has 2 aromatic carbocycles. The molecule has 4 aliphatic rings. The van der Waals surface area contributed by atoms with Crippen molar-refractivity contribution in [3.05, 3.63) is 118 Å². The van der Waals surface area contributed by atoms with Gasteiger partial charge in [-0.2, -0.15) is 0 Å². The van der Waals surface area contributed by atoms with E-state index in [2.05, 4.69) is 135 Å². The molecule has 2 aromatic rings. The lowest BCUT2D eigenvalue weighted by molar-refractivity contribution is 0.577. The van der Waals surface area contributed by atoms with Gasteiger partial charge in [0.1, 0.15) is 0 Å². The van der Waals surface area contributed by atoms with Crippen LogP contribution in [0.4, 0.5) is 0 Å². The van der Waals surface area contributed by atoms with Crippen molar-refractivity contribution in [3.8, 4) is 0 Å². The van der Waals surface area contributed by atoms with Gasteiger partial charge in [0, 0.05) is 29.4 Å². The van der Waals surface area contributed by atoms with Crippen LogP contribution in [0, 0.1) is 0 Å². The zero-order valence-corrected chi connectivity index (χ0v) is 39.3. The van der Waals surface area contributed by atoms with E-state index in [9.17, 15) is 0 Å². The highest BCUT2D eigenvalue weighted by Gasteiger charge is 2.36. The van der Waals surface area contributed by atoms with E-state index in [-0.39, 0.29) is 0 Å². The fourth-order valence-electron chi connectivity index (χ4n) is 6.92. The molecule has 0 amide bonds. The summed E-state index contributed by atoms with van der Waals surface area (Å²) < 4.78 is 5.95. The summed E-state index contributed by atoms with van der Waals surface area (Å²) in [5.74, 6) is 0. The van der Waals surface area contributed by atoms with Crippen LogP contribution in [0.25, 0.3) is 9.81 Å². The van der Waals surface area contributed by atoms with Crippen molar-refractivity contribution in [3.63, 3.8) is 0 Å². The van der Waals surface area contributed by atoms with E-state index >= 15 is 0 Å². The van der Waals surface area contributed by atoms with E-state index in [4.69, 9.17) is 0 Å². The Labute approximate surface area is 362 Å². The van der Waals surface area contributed by atoms with Crippen LogP contribution >= 0.6 is 94.1 Å². The second-order valence-electron chi connectivity index (χ2n) is 14.4. The van der Waals surface area contributed by atoms with Crippen LogP contribution in [0.1, 0.15) is 154 Å². The van der Waals surface area contributed by atoms with E-state index in [1.54, 1.807) is 14.7 Å². The predicted octanol–water partition coefficient (Wildman–Crippen LogP) is 19.4. The Kier molecular flexibility index (Phi) is 18.7. The van der Waals surface area contributed by atoms with Gasteiger partial charge in [-0.05, 0) is 60.5 Å². The Morgan fingerprint density at radius 3 is 1.31 bits per heavy atom. The number of unbranched alkanes of at least 4 members (excludes halogenated alkanes) is 14. The Hall–Kier alpha value is -0.320. The first-order chi connectivity index (χ1) is 26.6. The van der Waals surface area contributed by atoms with Gasteiger partial charge >= 0.3 is 0 Å². The van der Waals surface area contributed by atoms with Crippen molar-refractivity contribution in [2.24, 2.45) is 0 Å². The van der Waals surface area contributed by atoms with Crippen LogP contribution in [0.3, 0.4) is 0 Å². The molecule has 0 nitrogen and oxygen atoms in total. The lowest BCUT2D eigenvalue weighted by Crippen LogP contribution is -1.87. The maximum Gasteiger partial charge on any atom is 0.0707 e. The van der Waals surface area contributed by atoms with Gasteiger partial charge in [-0.3, -0.25) is 0 Å². The third-order valence-corrected chi connectivity index (χ3v) is 21.9. The number of thioether (sulfide) groups is 8. The first-order valence-electron chi connectivity index (χ1n) is 20.5. The highest BCUT2D eigenvalue weighted by molar-refractivity contribution is 8.38. The van der Waals surface area contributed by atoms with Gasteiger partial charge in [0.15, 0.2) is 0 Å². The van der Waals surface area contributed by atoms with Crippen molar-refractivity contribution >= 4 is 104 Å². The van der Waals surface area contributed by atoms with Gasteiger partial charge in [-0.1, -0.05) is 258 Å². The summed E-state index contributed by atoms with van der Waals surface area (Å²) in [5.41, 5.74) is 2.68. The third-order valence-electron chi connectivity index (χ3n) is 10.0. The van der Waals surface area contributed by atoms with Crippen molar-refractivity contribution in [2.75, 3.05) is 0 Å². The van der Waals surface area contributed by atoms with Crippen LogP contribution in [0.5, 0.6) is 0 Å². The normalized spacial score (nSPS) is 20.6. The number of hydrogen-bond donors (Lipinski definition) is 0. The Morgan fingerprint density at radius 2 is 0.722 bits per heavy atom. The Bertz CT molecular complexity index is 1740. The van der Waals surface area contributed by atoms with Crippen molar-refractivity contribution in [1.29, 1.82) is 0 Å². The minimum absolute atomic E-state index is 1.19. The maximum absolute atomic E-state index is 2.37. The summed E-state index contributed by atoms with van der Waals surface area (Å²) >= 11 is 16.4. The van der Waals surface area contributed by atoms with E-state index in [1.807, 2.05) is 47.0 Å². The molecular formula is C46H58S8. The summed E-state index contributed by atoms with van der Waals surface area (Å²) in [6.07, 6.45) is 24.4. The van der Waals surface area contributed by atoms with E-state index in [0.717, 1.165) is 0 Å². The van der Waals surface area contributed by atoms with Crippen LogP contribution in [0.2, 0.25) is 0 Å². The highest BCUT2D eigenvalue weighted by Crippen LogP contribution is 2.69. The molecule has 0 radical (unpaired) electrons. The maximum atomic E-state index is 2.37. The lowest BCUT2D eigenvalue weighted by atomic mass is 10.1. The molecule has 4 aliphatic heterocycles. The second kappa shape index (κ2) is 23.3. The van der Waals surface area contributed by atoms with Crippen molar-refractivity contribution in [1.82, 2.24) is 0 Å². The smallest absolute Gasteiger partial charge is 0.0707 e. The molecular weight excluding hydrogens is 809 g/mol. The molecule has 0 spiro atoms. The van der Waals surface area contributed by atoms with Crippen LogP contribution in [0.15, 0.2) is 107 Å². The number of hydrogen-bond acceptors (Lipinski definition) is 8. The summed E-state index contributed by atoms with van der Waals surface area (Å²) in [6.45, 7) is 9.30. The Morgan fingerprint density at radius 1 is 0.333 bits per heavy atom. The fraction of sp³-hybridized carbons (Fsp3) is 0.478. The monoisotopic (exact) mass is 866 g/mol. The summed E-state index contributed by atoms with van der Waals surface area (Å²) in [5, 5.41) is 0. The van der Waals surface area contributed by atoms with Gasteiger partial charge in [-0.25, -0.2) is 0 Å². The molecule has 6 rings (SSSR count). The molecule has 0 fully saturated rings. The quantitative estimate of drug-likeness (QED) is 0.112. The average Bonchev–Trinajstić information content (AvgIpc) is 3.99. The van der Waals surface area contributed by atoms with Gasteiger partial charge < -0.3 is 0 Å². The van der Waals surface area contributed by atoms with Crippen LogP contribution < -0.4 is 0 Å². The molecule has 290 valence electrons. The van der Waals surface area contributed by atoms with Gasteiger partial charge in [-0.15, -0.1) is 0 Å².